The summed E-state index contributed by atoms with van der Waals surface area (Å²) in [6.07, 6.45) is 1.75. The molecule has 0 bridgehead atoms. The van der Waals surface area contributed by atoms with Gasteiger partial charge in [-0.1, -0.05) is 0 Å². The van der Waals surface area contributed by atoms with Gasteiger partial charge in [-0.3, -0.25) is 4.79 Å². The molecule has 7 nitrogen and oxygen atoms in total. The molecule has 0 radical (unpaired) electrons. The molecule has 1 aliphatic heterocycles. The van der Waals surface area contributed by atoms with Gasteiger partial charge in [0.25, 0.3) is 0 Å². The number of carboxylic acid groups (broad SMARTS) is 1. The lowest BCUT2D eigenvalue weighted by Gasteiger charge is -2.27. The SMILES string of the molecule is NC1=NC(O)N(C[C@H](N)C(=O)O)C=C1. The quantitative estimate of drug-likeness (QED) is 0.412. The minimum atomic E-state index is -1.16. The molecule has 7 heteroatoms. The minimum Gasteiger partial charge on any atom is -0.480 e. The highest BCUT2D eigenvalue weighted by molar-refractivity contribution is 5.91. The van der Waals surface area contributed by atoms with Crippen LogP contribution in [0.5, 0.6) is 0 Å². The molecule has 1 unspecified atom stereocenters. The molecule has 0 fully saturated rings. The summed E-state index contributed by atoms with van der Waals surface area (Å²) >= 11 is 0. The second kappa shape index (κ2) is 4.07. The fraction of sp³-hybridized carbons (Fsp3) is 0.429. The van der Waals surface area contributed by atoms with E-state index in [1.807, 2.05) is 0 Å². The van der Waals surface area contributed by atoms with Crippen LogP contribution in [0.25, 0.3) is 0 Å². The second-order valence-corrected chi connectivity index (χ2v) is 2.86. The fourth-order valence-corrected chi connectivity index (χ4v) is 0.960. The summed E-state index contributed by atoms with van der Waals surface area (Å²) in [4.78, 5) is 15.3. The maximum atomic E-state index is 10.4. The third kappa shape index (κ3) is 2.44. The van der Waals surface area contributed by atoms with Gasteiger partial charge in [0.15, 0.2) is 0 Å². The van der Waals surface area contributed by atoms with E-state index in [2.05, 4.69) is 4.99 Å². The van der Waals surface area contributed by atoms with Gasteiger partial charge < -0.3 is 26.6 Å². The number of carboxylic acids is 1. The molecule has 0 amide bonds. The summed E-state index contributed by atoms with van der Waals surface area (Å²) in [5.41, 5.74) is 10.6. The highest BCUT2D eigenvalue weighted by atomic mass is 16.4. The zero-order chi connectivity index (χ0) is 10.7. The zero-order valence-corrected chi connectivity index (χ0v) is 7.37. The van der Waals surface area contributed by atoms with Crippen LogP contribution in [0.2, 0.25) is 0 Å². The molecule has 2 atom stereocenters. The predicted octanol–water partition coefficient (Wildman–Crippen LogP) is -2.14. The van der Waals surface area contributed by atoms with Gasteiger partial charge in [0.2, 0.25) is 6.35 Å². The molecule has 6 N–H and O–H groups in total. The van der Waals surface area contributed by atoms with Crippen molar-refractivity contribution in [2.45, 2.75) is 12.4 Å². The number of aliphatic hydroxyl groups is 1. The van der Waals surface area contributed by atoms with E-state index in [4.69, 9.17) is 16.6 Å². The normalized spacial score (nSPS) is 23.1. The standard InChI is InChI=1S/C7H12N4O3/c8-4(6(12)13)3-11-2-1-5(9)10-7(11)14/h1-2,4,7,14H,3,8H2,(H2,9,10)(H,12,13)/t4-,7?/m0/s1. The summed E-state index contributed by atoms with van der Waals surface area (Å²) in [5, 5.41) is 17.9. The molecule has 0 aliphatic carbocycles. The average molecular weight is 200 g/mol. The van der Waals surface area contributed by atoms with Crippen LogP contribution < -0.4 is 11.5 Å². The molecule has 1 heterocycles. The predicted molar refractivity (Wildman–Crippen MR) is 49.1 cm³/mol. The Labute approximate surface area is 80.3 Å². The Morgan fingerprint density at radius 2 is 2.43 bits per heavy atom. The number of aliphatic imine (C=N–C) groups is 1. The molecule has 0 spiro atoms. The largest absolute Gasteiger partial charge is 0.480 e. The molecule has 14 heavy (non-hydrogen) atoms. The van der Waals surface area contributed by atoms with Crippen LogP contribution in [0.1, 0.15) is 0 Å². The monoisotopic (exact) mass is 200 g/mol. The number of carbonyl (C=O) groups is 1. The smallest absolute Gasteiger partial charge is 0.322 e. The van der Waals surface area contributed by atoms with Gasteiger partial charge >= 0.3 is 5.97 Å². The zero-order valence-electron chi connectivity index (χ0n) is 7.37. The Bertz CT molecular complexity index is 289. The highest BCUT2D eigenvalue weighted by Crippen LogP contribution is 2.05. The van der Waals surface area contributed by atoms with E-state index in [-0.39, 0.29) is 12.4 Å². The molecule has 0 aromatic rings. The molecule has 0 saturated heterocycles. The lowest BCUT2D eigenvalue weighted by Crippen LogP contribution is -2.45. The Balaban J connectivity index is 2.56. The molecule has 78 valence electrons. The minimum absolute atomic E-state index is 0.0240. The Kier molecular flexibility index (Phi) is 3.05. The van der Waals surface area contributed by atoms with Gasteiger partial charge in [-0.25, -0.2) is 4.99 Å². The van der Waals surface area contributed by atoms with Crippen LogP contribution in [0.4, 0.5) is 0 Å². The summed E-state index contributed by atoms with van der Waals surface area (Å²) < 4.78 is 0. The summed E-state index contributed by atoms with van der Waals surface area (Å²) in [6.45, 7) is -0.0240. The van der Waals surface area contributed by atoms with Crippen molar-refractivity contribution in [1.82, 2.24) is 4.90 Å². The van der Waals surface area contributed by atoms with Crippen molar-refractivity contribution < 1.29 is 15.0 Å². The number of nitrogens with zero attached hydrogens (tertiary/aromatic N) is 2. The maximum Gasteiger partial charge on any atom is 0.322 e. The van der Waals surface area contributed by atoms with Gasteiger partial charge in [0.05, 0.1) is 0 Å². The fourth-order valence-electron chi connectivity index (χ4n) is 0.960. The lowest BCUT2D eigenvalue weighted by molar-refractivity contribution is -0.139. The number of hydrogen-bond acceptors (Lipinski definition) is 6. The molecule has 1 aliphatic rings. The van der Waals surface area contributed by atoms with Gasteiger partial charge in [0.1, 0.15) is 11.9 Å². The first-order valence-corrected chi connectivity index (χ1v) is 3.94. The van der Waals surface area contributed by atoms with Crippen LogP contribution in [0.3, 0.4) is 0 Å². The second-order valence-electron chi connectivity index (χ2n) is 2.86. The molecular weight excluding hydrogens is 188 g/mol. The van der Waals surface area contributed by atoms with Crippen LogP contribution in [0.15, 0.2) is 17.3 Å². The summed E-state index contributed by atoms with van der Waals surface area (Å²) in [5.74, 6) is -0.939. The summed E-state index contributed by atoms with van der Waals surface area (Å²) in [7, 11) is 0. The number of aliphatic hydroxyl groups excluding tert-OH is 1. The Morgan fingerprint density at radius 1 is 1.79 bits per heavy atom. The summed E-state index contributed by atoms with van der Waals surface area (Å²) in [6, 6.07) is -1.07. The average Bonchev–Trinajstić information content (AvgIpc) is 2.09. The third-order valence-corrected chi connectivity index (χ3v) is 1.72. The highest BCUT2D eigenvalue weighted by Gasteiger charge is 2.20. The van der Waals surface area contributed by atoms with E-state index in [1.165, 1.54) is 17.2 Å². The van der Waals surface area contributed by atoms with Crippen molar-refractivity contribution in [3.8, 4) is 0 Å². The third-order valence-electron chi connectivity index (χ3n) is 1.72. The van der Waals surface area contributed by atoms with Gasteiger partial charge in [0, 0.05) is 12.7 Å². The van der Waals surface area contributed by atoms with Crippen molar-refractivity contribution in [3.63, 3.8) is 0 Å². The van der Waals surface area contributed by atoms with Gasteiger partial charge in [-0.05, 0) is 6.08 Å². The number of hydrogen-bond donors (Lipinski definition) is 4. The Morgan fingerprint density at radius 3 is 2.93 bits per heavy atom. The van der Waals surface area contributed by atoms with Gasteiger partial charge in [-0.15, -0.1) is 0 Å². The van der Waals surface area contributed by atoms with Crippen molar-refractivity contribution in [3.05, 3.63) is 12.3 Å². The molecule has 0 aromatic heterocycles. The maximum absolute atomic E-state index is 10.4. The van der Waals surface area contributed by atoms with E-state index >= 15 is 0 Å². The van der Waals surface area contributed by atoms with Crippen molar-refractivity contribution in [2.75, 3.05) is 6.54 Å². The molecule has 0 saturated carbocycles. The number of rotatable bonds is 3. The van der Waals surface area contributed by atoms with E-state index in [0.29, 0.717) is 0 Å². The van der Waals surface area contributed by atoms with E-state index in [0.717, 1.165) is 0 Å². The van der Waals surface area contributed by atoms with Crippen LogP contribution in [-0.4, -0.2) is 45.9 Å². The first kappa shape index (κ1) is 10.5. The molecular formula is C7H12N4O3. The number of aliphatic carboxylic acids is 1. The first-order chi connectivity index (χ1) is 6.50. The van der Waals surface area contributed by atoms with Crippen molar-refractivity contribution >= 4 is 11.8 Å². The van der Waals surface area contributed by atoms with Crippen molar-refractivity contribution in [1.29, 1.82) is 0 Å². The van der Waals surface area contributed by atoms with Crippen LogP contribution in [-0.2, 0) is 4.79 Å². The van der Waals surface area contributed by atoms with Crippen LogP contribution >= 0.6 is 0 Å². The topological polar surface area (TPSA) is 125 Å². The lowest BCUT2D eigenvalue weighted by atomic mass is 10.3. The first-order valence-electron chi connectivity index (χ1n) is 3.94. The molecule has 1 rings (SSSR count). The Hall–Kier alpha value is -1.60. The van der Waals surface area contributed by atoms with E-state index in [9.17, 15) is 9.90 Å². The van der Waals surface area contributed by atoms with E-state index in [1.54, 1.807) is 0 Å². The van der Waals surface area contributed by atoms with Crippen LogP contribution in [0, 0.1) is 0 Å². The van der Waals surface area contributed by atoms with Crippen molar-refractivity contribution in [2.24, 2.45) is 16.5 Å². The number of nitrogens with two attached hydrogens (primary N) is 2. The van der Waals surface area contributed by atoms with E-state index < -0.39 is 18.4 Å². The molecule has 0 aromatic carbocycles. The number of amidine groups is 1. The van der Waals surface area contributed by atoms with Gasteiger partial charge in [-0.2, -0.15) is 0 Å².